The summed E-state index contributed by atoms with van der Waals surface area (Å²) in [6.07, 6.45) is 3.44. The number of halogens is 1. The highest BCUT2D eigenvalue weighted by molar-refractivity contribution is 7.15. The van der Waals surface area contributed by atoms with Crippen LogP contribution < -0.4 is 10.1 Å². The molecule has 1 aliphatic rings. The van der Waals surface area contributed by atoms with Crippen molar-refractivity contribution in [3.63, 3.8) is 0 Å². The Morgan fingerprint density at radius 2 is 1.67 bits per heavy atom. The first-order valence-corrected chi connectivity index (χ1v) is 10.2. The Hall–Kier alpha value is -1.81. The topological polar surface area (TPSA) is 21.3 Å². The molecule has 0 bridgehead atoms. The fraction of sp³-hybridized carbons (Fsp3) is 0.304. The lowest BCUT2D eigenvalue weighted by Crippen LogP contribution is -2.28. The first-order chi connectivity index (χ1) is 12.8. The molecule has 1 fully saturated rings. The van der Waals surface area contributed by atoms with Gasteiger partial charge < -0.3 is 10.1 Å². The number of nitrogens with one attached hydrogen (secondary N) is 1. The third kappa shape index (κ3) is 5.35. The van der Waals surface area contributed by atoms with E-state index in [0.717, 1.165) is 25.3 Å². The first kappa shape index (κ1) is 19.9. The maximum Gasteiger partial charge on any atom is 0.119 e. The Morgan fingerprint density at radius 1 is 0.963 bits per heavy atom. The van der Waals surface area contributed by atoms with E-state index in [1.807, 2.05) is 11.3 Å². The fourth-order valence-corrected chi connectivity index (χ4v) is 4.28. The number of aryl methyl sites for hydroxylation is 1. The van der Waals surface area contributed by atoms with Gasteiger partial charge in [-0.05, 0) is 73.7 Å². The van der Waals surface area contributed by atoms with Crippen LogP contribution in [0.1, 0.15) is 28.8 Å². The fourth-order valence-electron chi connectivity index (χ4n) is 3.41. The van der Waals surface area contributed by atoms with Crippen LogP contribution in [0.3, 0.4) is 0 Å². The number of ether oxygens (including phenoxy) is 1. The molecule has 1 aliphatic heterocycles. The van der Waals surface area contributed by atoms with Crippen LogP contribution in [0, 0.1) is 6.92 Å². The molecule has 2 nitrogen and oxygen atoms in total. The van der Waals surface area contributed by atoms with Crippen LogP contribution in [-0.2, 0) is 6.42 Å². The van der Waals surface area contributed by atoms with Gasteiger partial charge in [0.1, 0.15) is 12.4 Å². The van der Waals surface area contributed by atoms with Gasteiger partial charge in [0.15, 0.2) is 0 Å². The normalized spacial score (nSPS) is 16.1. The van der Waals surface area contributed by atoms with E-state index in [1.54, 1.807) is 0 Å². The lowest BCUT2D eigenvalue weighted by Gasteiger charge is -2.12. The summed E-state index contributed by atoms with van der Waals surface area (Å²) in [5, 5.41) is 3.46. The van der Waals surface area contributed by atoms with Crippen LogP contribution in [-0.4, -0.2) is 19.2 Å². The Bertz CT molecular complexity index is 836. The first-order valence-electron chi connectivity index (χ1n) is 9.37. The van der Waals surface area contributed by atoms with Gasteiger partial charge in [-0.25, -0.2) is 0 Å². The van der Waals surface area contributed by atoms with E-state index in [2.05, 4.69) is 72.9 Å². The van der Waals surface area contributed by atoms with Crippen molar-refractivity contribution in [1.29, 1.82) is 0 Å². The van der Waals surface area contributed by atoms with Crippen LogP contribution in [0.4, 0.5) is 0 Å². The van der Waals surface area contributed by atoms with Gasteiger partial charge in [-0.15, -0.1) is 23.7 Å². The molecule has 4 heteroatoms. The molecule has 1 unspecified atom stereocenters. The summed E-state index contributed by atoms with van der Waals surface area (Å²) in [5.74, 6) is 0.964. The maximum atomic E-state index is 5.90. The molecule has 1 N–H and O–H groups in total. The van der Waals surface area contributed by atoms with Crippen LogP contribution in [0.2, 0.25) is 0 Å². The Balaban J connectivity index is 0.00000210. The average molecular weight is 400 g/mol. The third-order valence-corrected chi connectivity index (χ3v) is 5.97. The van der Waals surface area contributed by atoms with Crippen molar-refractivity contribution in [2.75, 3.05) is 13.2 Å². The molecular weight excluding hydrogens is 374 g/mol. The van der Waals surface area contributed by atoms with E-state index < -0.39 is 0 Å². The monoisotopic (exact) mass is 399 g/mol. The van der Waals surface area contributed by atoms with Crippen molar-refractivity contribution in [3.05, 3.63) is 76.7 Å². The lowest BCUT2D eigenvalue weighted by molar-refractivity contribution is 0.277. The average Bonchev–Trinajstić information content (AvgIpc) is 3.34. The molecule has 1 saturated heterocycles. The molecule has 142 valence electrons. The van der Waals surface area contributed by atoms with E-state index in [9.17, 15) is 0 Å². The molecule has 3 aromatic rings. The van der Waals surface area contributed by atoms with E-state index in [4.69, 9.17) is 4.74 Å². The molecule has 2 aromatic carbocycles. The van der Waals surface area contributed by atoms with Gasteiger partial charge in [-0.1, -0.05) is 36.4 Å². The highest BCUT2D eigenvalue weighted by Gasteiger charge is 2.14. The maximum absolute atomic E-state index is 5.90. The molecule has 0 radical (unpaired) electrons. The van der Waals surface area contributed by atoms with E-state index in [-0.39, 0.29) is 12.4 Å². The van der Waals surface area contributed by atoms with Crippen LogP contribution in [0.5, 0.6) is 5.75 Å². The second kappa shape index (κ2) is 9.41. The van der Waals surface area contributed by atoms with E-state index in [1.165, 1.54) is 39.3 Å². The van der Waals surface area contributed by atoms with Gasteiger partial charge >= 0.3 is 0 Å². The number of hydrogen-bond donors (Lipinski definition) is 1. The standard InChI is InChI=1S/C23H25NOS.ClH/c1-17-4-13-23(26-17)20-9-5-18(6-10-20)15-19-7-11-22(12-8-19)25-16-21-3-2-14-24-21;/h4-13,21,24H,2-3,14-16H2,1H3;1H. The van der Waals surface area contributed by atoms with Crippen molar-refractivity contribution in [2.24, 2.45) is 0 Å². The number of thiophene rings is 1. The third-order valence-electron chi connectivity index (χ3n) is 4.92. The van der Waals surface area contributed by atoms with Crippen molar-refractivity contribution < 1.29 is 4.74 Å². The van der Waals surface area contributed by atoms with Gasteiger partial charge in [0.05, 0.1) is 0 Å². The molecule has 2 heterocycles. The summed E-state index contributed by atoms with van der Waals surface area (Å²) in [6.45, 7) is 4.04. The number of benzene rings is 2. The van der Waals surface area contributed by atoms with Crippen molar-refractivity contribution in [2.45, 2.75) is 32.2 Å². The predicted octanol–water partition coefficient (Wildman–Crippen LogP) is 5.87. The quantitative estimate of drug-likeness (QED) is 0.559. The highest BCUT2D eigenvalue weighted by atomic mass is 35.5. The highest BCUT2D eigenvalue weighted by Crippen LogP contribution is 2.28. The molecule has 0 amide bonds. The summed E-state index contributed by atoms with van der Waals surface area (Å²) < 4.78 is 5.90. The minimum atomic E-state index is 0. The number of rotatable bonds is 6. The van der Waals surface area contributed by atoms with Crippen LogP contribution in [0.25, 0.3) is 10.4 Å². The second-order valence-electron chi connectivity index (χ2n) is 7.03. The molecule has 0 saturated carbocycles. The molecule has 1 atom stereocenters. The molecule has 4 rings (SSSR count). The van der Waals surface area contributed by atoms with Gasteiger partial charge in [-0.2, -0.15) is 0 Å². The van der Waals surface area contributed by atoms with E-state index >= 15 is 0 Å². The zero-order chi connectivity index (χ0) is 17.8. The van der Waals surface area contributed by atoms with Gasteiger partial charge in [-0.3, -0.25) is 0 Å². The zero-order valence-corrected chi connectivity index (χ0v) is 17.2. The molecule has 0 spiro atoms. The van der Waals surface area contributed by atoms with Crippen molar-refractivity contribution >= 4 is 23.7 Å². The van der Waals surface area contributed by atoms with Crippen molar-refractivity contribution in [3.8, 4) is 16.2 Å². The van der Waals surface area contributed by atoms with Crippen molar-refractivity contribution in [1.82, 2.24) is 5.32 Å². The molecule has 27 heavy (non-hydrogen) atoms. The second-order valence-corrected chi connectivity index (χ2v) is 8.32. The Kier molecular flexibility index (Phi) is 6.95. The van der Waals surface area contributed by atoms with Gasteiger partial charge in [0.25, 0.3) is 0 Å². The molecule has 0 aliphatic carbocycles. The van der Waals surface area contributed by atoms with Crippen LogP contribution in [0.15, 0.2) is 60.7 Å². The van der Waals surface area contributed by atoms with Crippen LogP contribution >= 0.6 is 23.7 Å². The minimum Gasteiger partial charge on any atom is -0.492 e. The lowest BCUT2D eigenvalue weighted by atomic mass is 10.0. The summed E-state index contributed by atoms with van der Waals surface area (Å²) >= 11 is 1.85. The minimum absolute atomic E-state index is 0. The smallest absolute Gasteiger partial charge is 0.119 e. The summed E-state index contributed by atoms with van der Waals surface area (Å²) in [5.41, 5.74) is 3.96. The Morgan fingerprint density at radius 3 is 2.26 bits per heavy atom. The van der Waals surface area contributed by atoms with E-state index in [0.29, 0.717) is 6.04 Å². The molecule has 1 aromatic heterocycles. The SMILES string of the molecule is Cc1ccc(-c2ccc(Cc3ccc(OCC4CCCN4)cc3)cc2)s1.Cl. The zero-order valence-electron chi connectivity index (χ0n) is 15.6. The molecular formula is C23H26ClNOS. The summed E-state index contributed by atoms with van der Waals surface area (Å²) in [4.78, 5) is 2.70. The van der Waals surface area contributed by atoms with Gasteiger partial charge in [0, 0.05) is 15.8 Å². The largest absolute Gasteiger partial charge is 0.492 e. The Labute approximate surface area is 172 Å². The number of hydrogen-bond acceptors (Lipinski definition) is 3. The summed E-state index contributed by atoms with van der Waals surface area (Å²) in [7, 11) is 0. The van der Waals surface area contributed by atoms with Gasteiger partial charge in [0.2, 0.25) is 0 Å². The summed E-state index contributed by atoms with van der Waals surface area (Å²) in [6, 6.07) is 22.4. The predicted molar refractivity (Wildman–Crippen MR) is 118 cm³/mol.